The predicted molar refractivity (Wildman–Crippen MR) is 80.9 cm³/mol. The van der Waals surface area contributed by atoms with Gasteiger partial charge < -0.3 is 0 Å². The Morgan fingerprint density at radius 3 is 1.20 bits per heavy atom. The van der Waals surface area contributed by atoms with Crippen LogP contribution in [0.15, 0.2) is 0 Å². The number of hydrogen-bond donors (Lipinski definition) is 0. The molecule has 1 rings (SSSR count). The maximum atomic E-state index is 2.49. The van der Waals surface area contributed by atoms with Gasteiger partial charge >= 0.3 is 19.5 Å². The molecular formula is C12H16I2Ru+2. The smallest absolute Gasteiger partial charge is 0.0657 e. The van der Waals surface area contributed by atoms with Crippen LogP contribution >= 0.6 is 45.2 Å². The average Bonchev–Trinajstić information content (AvgIpc) is 2.11. The average molecular weight is 515 g/mol. The molecule has 0 N–H and O–H groups in total. The third-order valence-electron chi connectivity index (χ3n) is 3.28. The Morgan fingerprint density at radius 2 is 0.933 bits per heavy atom. The molecule has 84 valence electrons. The summed E-state index contributed by atoms with van der Waals surface area (Å²) in [7, 11) is 0. The van der Waals surface area contributed by atoms with Gasteiger partial charge in [-0.1, -0.05) is 45.2 Å². The number of benzene rings is 1. The van der Waals surface area contributed by atoms with Crippen LogP contribution in [0.4, 0.5) is 0 Å². The molecule has 0 aliphatic carbocycles. The third kappa shape index (κ3) is 3.15. The molecule has 0 heterocycles. The molecule has 0 saturated carbocycles. The van der Waals surface area contributed by atoms with Crippen molar-refractivity contribution in [1.82, 2.24) is 0 Å². The van der Waals surface area contributed by atoms with Crippen molar-refractivity contribution in [3.8, 4) is 0 Å². The van der Waals surface area contributed by atoms with E-state index in [4.69, 9.17) is 0 Å². The first-order valence-corrected chi connectivity index (χ1v) is 7.22. The molecule has 0 atom stereocenters. The van der Waals surface area contributed by atoms with E-state index in [0.717, 1.165) is 0 Å². The summed E-state index contributed by atoms with van der Waals surface area (Å²) in [5.41, 5.74) is 8.84. The second-order valence-electron chi connectivity index (χ2n) is 3.84. The maximum Gasteiger partial charge on any atom is 2.00 e. The van der Waals surface area contributed by atoms with Gasteiger partial charge in [-0.15, -0.1) is 0 Å². The fraction of sp³-hybridized carbons (Fsp3) is 0.500. The molecular weight excluding hydrogens is 499 g/mol. The van der Waals surface area contributed by atoms with E-state index in [-0.39, 0.29) is 19.5 Å². The molecule has 0 radical (unpaired) electrons. The Balaban J connectivity index is 0.00000196. The molecule has 0 saturated heterocycles. The number of hydrogen-bond acceptors (Lipinski definition) is 0. The van der Waals surface area contributed by atoms with E-state index < -0.39 is 0 Å². The largest absolute Gasteiger partial charge is 2.00 e. The Bertz CT molecular complexity index is 341. The Morgan fingerprint density at radius 1 is 0.667 bits per heavy atom. The van der Waals surface area contributed by atoms with E-state index in [2.05, 4.69) is 79.8 Å². The van der Waals surface area contributed by atoms with Crippen molar-refractivity contribution in [2.45, 2.75) is 36.6 Å². The minimum Gasteiger partial charge on any atom is -0.0657 e. The summed E-state index contributed by atoms with van der Waals surface area (Å²) in [4.78, 5) is 0. The summed E-state index contributed by atoms with van der Waals surface area (Å²) in [5, 5.41) is 0. The van der Waals surface area contributed by atoms with Gasteiger partial charge in [-0.05, 0) is 68.0 Å². The van der Waals surface area contributed by atoms with Crippen LogP contribution in [0.1, 0.15) is 35.3 Å². The minimum atomic E-state index is 0. The molecule has 0 unspecified atom stereocenters. The standard InChI is InChI=1S/C12H16I2.Ru/c1-6-7(2)9(4)11(12(13)14)10(5)8(6)3;/h12H,1-5H3;/q;+2. The zero-order valence-corrected chi connectivity index (χ0v) is 15.7. The Kier molecular flexibility index (Phi) is 6.84. The van der Waals surface area contributed by atoms with Gasteiger partial charge in [0.15, 0.2) is 0 Å². The molecule has 0 aliphatic rings. The summed E-state index contributed by atoms with van der Waals surface area (Å²) in [6.45, 7) is 11.2. The zero-order chi connectivity index (χ0) is 11.0. The van der Waals surface area contributed by atoms with Crippen molar-refractivity contribution >= 4 is 45.2 Å². The third-order valence-corrected chi connectivity index (χ3v) is 4.52. The van der Waals surface area contributed by atoms with Gasteiger partial charge in [0.25, 0.3) is 0 Å². The molecule has 0 amide bonds. The van der Waals surface area contributed by atoms with Crippen LogP contribution < -0.4 is 0 Å². The Hall–Kier alpha value is 1.30. The van der Waals surface area contributed by atoms with Crippen molar-refractivity contribution < 1.29 is 19.5 Å². The van der Waals surface area contributed by atoms with Gasteiger partial charge in [-0.25, -0.2) is 0 Å². The molecule has 0 fully saturated rings. The fourth-order valence-corrected chi connectivity index (χ4v) is 3.72. The predicted octanol–water partition coefficient (Wildman–Crippen LogP) is 5.09. The maximum absolute atomic E-state index is 2.49. The van der Waals surface area contributed by atoms with Crippen LogP contribution in [0.5, 0.6) is 0 Å². The summed E-state index contributed by atoms with van der Waals surface area (Å²) < 4.78 is 0.572. The first kappa shape index (κ1) is 16.3. The van der Waals surface area contributed by atoms with Crippen molar-refractivity contribution in [3.63, 3.8) is 0 Å². The fourth-order valence-electron chi connectivity index (χ4n) is 1.86. The molecule has 0 aromatic heterocycles. The van der Waals surface area contributed by atoms with Gasteiger partial charge in [-0.2, -0.15) is 0 Å². The minimum absolute atomic E-state index is 0. The quantitative estimate of drug-likeness (QED) is 0.278. The van der Waals surface area contributed by atoms with Gasteiger partial charge in [0.2, 0.25) is 0 Å². The van der Waals surface area contributed by atoms with E-state index in [9.17, 15) is 0 Å². The van der Waals surface area contributed by atoms with Gasteiger partial charge in [-0.3, -0.25) is 0 Å². The molecule has 1 aromatic carbocycles. The molecule has 0 bridgehead atoms. The summed E-state index contributed by atoms with van der Waals surface area (Å²) in [5.74, 6) is 0. The summed E-state index contributed by atoms with van der Waals surface area (Å²) >= 11 is 4.98. The molecule has 0 nitrogen and oxygen atoms in total. The van der Waals surface area contributed by atoms with Crippen molar-refractivity contribution in [1.29, 1.82) is 0 Å². The van der Waals surface area contributed by atoms with Crippen LogP contribution in [0, 0.1) is 34.6 Å². The normalized spacial score (nSPS) is 10.4. The monoisotopic (exact) mass is 516 g/mol. The van der Waals surface area contributed by atoms with Crippen molar-refractivity contribution in [3.05, 3.63) is 33.4 Å². The number of rotatable bonds is 1. The van der Waals surface area contributed by atoms with E-state index in [0.29, 0.717) is 1.93 Å². The Labute approximate surface area is 133 Å². The van der Waals surface area contributed by atoms with Crippen LogP contribution in [0.2, 0.25) is 0 Å². The SMILES string of the molecule is Cc1c(C)c(C)c(C(I)I)c(C)c1C.[Ru+2]. The van der Waals surface area contributed by atoms with Crippen LogP contribution in [0.25, 0.3) is 0 Å². The van der Waals surface area contributed by atoms with Gasteiger partial charge in [0, 0.05) is 0 Å². The number of halogens is 2. The van der Waals surface area contributed by atoms with Crippen molar-refractivity contribution in [2.75, 3.05) is 0 Å². The topological polar surface area (TPSA) is 0 Å². The van der Waals surface area contributed by atoms with Gasteiger partial charge in [0.1, 0.15) is 0 Å². The number of alkyl halides is 2. The molecule has 15 heavy (non-hydrogen) atoms. The molecule has 1 aromatic rings. The van der Waals surface area contributed by atoms with E-state index in [1.165, 1.54) is 33.4 Å². The van der Waals surface area contributed by atoms with Crippen molar-refractivity contribution in [2.24, 2.45) is 0 Å². The zero-order valence-electron chi connectivity index (χ0n) is 9.69. The van der Waals surface area contributed by atoms with Crippen LogP contribution in [-0.4, -0.2) is 0 Å². The second-order valence-corrected chi connectivity index (χ2v) is 8.71. The summed E-state index contributed by atoms with van der Waals surface area (Å²) in [6.07, 6.45) is 0. The molecule has 3 heteroatoms. The van der Waals surface area contributed by atoms with Crippen LogP contribution in [-0.2, 0) is 19.5 Å². The van der Waals surface area contributed by atoms with E-state index in [1.54, 1.807) is 0 Å². The molecule has 0 aliphatic heterocycles. The van der Waals surface area contributed by atoms with Crippen LogP contribution in [0.3, 0.4) is 0 Å². The molecule has 0 spiro atoms. The van der Waals surface area contributed by atoms with E-state index >= 15 is 0 Å². The second kappa shape index (κ2) is 6.29. The summed E-state index contributed by atoms with van der Waals surface area (Å²) in [6, 6.07) is 0. The van der Waals surface area contributed by atoms with E-state index in [1.807, 2.05) is 0 Å². The first-order valence-electron chi connectivity index (χ1n) is 4.73. The first-order chi connectivity index (χ1) is 6.37. The van der Waals surface area contributed by atoms with Gasteiger partial charge in [0.05, 0.1) is 1.93 Å².